The van der Waals surface area contributed by atoms with Crippen LogP contribution >= 0.6 is 0 Å². The summed E-state index contributed by atoms with van der Waals surface area (Å²) in [6.45, 7) is 0.611. The van der Waals surface area contributed by atoms with Crippen molar-refractivity contribution in [1.82, 2.24) is 20.3 Å². The fourth-order valence-corrected chi connectivity index (χ4v) is 5.22. The first kappa shape index (κ1) is 20.9. The van der Waals surface area contributed by atoms with Crippen LogP contribution in [0.5, 0.6) is 0 Å². The molecule has 7 aromatic rings. The Balaban J connectivity index is 1.35. The summed E-state index contributed by atoms with van der Waals surface area (Å²) in [5.41, 5.74) is 6.18. The average molecular weight is 493 g/mol. The molecule has 0 amide bonds. The van der Waals surface area contributed by atoms with Crippen LogP contribution in [0.25, 0.3) is 61.3 Å². The van der Waals surface area contributed by atoms with E-state index in [0.29, 0.717) is 24.0 Å². The van der Waals surface area contributed by atoms with E-state index >= 15 is 0 Å². The molecule has 6 heteroatoms. The molecule has 0 aliphatic carbocycles. The largest absolute Gasteiger partial charge is 0.459 e. The van der Waals surface area contributed by atoms with Gasteiger partial charge in [-0.2, -0.15) is 0 Å². The Bertz CT molecular complexity index is 2040. The SMILES string of the molecule is C1=C(c2nc(-c3ccccc3)nc(-c3ccc4c(c3)oc3ccccc34)n2)c2c(oc3ccccc23)CN1. The lowest BCUT2D eigenvalue weighted by Crippen LogP contribution is -2.14. The van der Waals surface area contributed by atoms with Gasteiger partial charge in [-0.1, -0.05) is 72.8 Å². The molecule has 0 saturated heterocycles. The molecule has 0 bridgehead atoms. The van der Waals surface area contributed by atoms with Crippen LogP contribution in [0, 0.1) is 0 Å². The molecule has 0 saturated carbocycles. The fraction of sp³-hybridized carbons (Fsp3) is 0.0312. The summed E-state index contributed by atoms with van der Waals surface area (Å²) in [6, 6.07) is 32.2. The molecular formula is C32H20N4O2. The lowest BCUT2D eigenvalue weighted by molar-refractivity contribution is 0.531. The smallest absolute Gasteiger partial charge is 0.166 e. The minimum atomic E-state index is 0.581. The molecule has 8 rings (SSSR count). The zero-order chi connectivity index (χ0) is 25.1. The van der Waals surface area contributed by atoms with E-state index in [4.69, 9.17) is 23.8 Å². The molecule has 1 aliphatic heterocycles. The minimum Gasteiger partial charge on any atom is -0.459 e. The molecule has 180 valence electrons. The molecule has 4 aromatic carbocycles. The Morgan fingerprint density at radius 1 is 0.553 bits per heavy atom. The molecule has 0 radical (unpaired) electrons. The predicted molar refractivity (Wildman–Crippen MR) is 148 cm³/mol. The van der Waals surface area contributed by atoms with Crippen LogP contribution in [0.4, 0.5) is 0 Å². The van der Waals surface area contributed by atoms with E-state index in [1.54, 1.807) is 0 Å². The summed E-state index contributed by atoms with van der Waals surface area (Å²) in [5, 5.41) is 6.54. The van der Waals surface area contributed by atoms with Crippen molar-refractivity contribution in [2.45, 2.75) is 6.54 Å². The first-order chi connectivity index (χ1) is 18.8. The lowest BCUT2D eigenvalue weighted by Gasteiger charge is -2.15. The van der Waals surface area contributed by atoms with Gasteiger partial charge in [0.15, 0.2) is 17.5 Å². The highest BCUT2D eigenvalue weighted by molar-refractivity contribution is 6.05. The second-order valence-corrected chi connectivity index (χ2v) is 9.32. The summed E-state index contributed by atoms with van der Waals surface area (Å²) in [4.78, 5) is 14.8. The van der Waals surface area contributed by atoms with E-state index in [9.17, 15) is 0 Å². The first-order valence-corrected chi connectivity index (χ1v) is 12.5. The standard InChI is InChI=1S/C32H20N4O2/c1-2-8-19(9-3-1)30-34-31(20-14-15-22-21-10-4-6-12-25(21)37-27(22)16-20)36-32(35-30)24-17-33-18-28-29(24)23-11-5-7-13-26(23)38-28/h1-17,33H,18H2. The lowest BCUT2D eigenvalue weighted by atomic mass is 9.99. The van der Waals surface area contributed by atoms with Crippen molar-refractivity contribution in [3.63, 3.8) is 0 Å². The molecule has 38 heavy (non-hydrogen) atoms. The molecule has 0 unspecified atom stereocenters. The van der Waals surface area contributed by atoms with Crippen LogP contribution in [-0.4, -0.2) is 15.0 Å². The van der Waals surface area contributed by atoms with E-state index in [0.717, 1.165) is 60.9 Å². The summed E-state index contributed by atoms with van der Waals surface area (Å²) in [6.07, 6.45) is 1.97. The number of rotatable bonds is 3. The van der Waals surface area contributed by atoms with Gasteiger partial charge in [0.2, 0.25) is 0 Å². The minimum absolute atomic E-state index is 0.581. The number of furan rings is 2. The monoisotopic (exact) mass is 492 g/mol. The van der Waals surface area contributed by atoms with Gasteiger partial charge in [-0.05, 0) is 24.3 Å². The van der Waals surface area contributed by atoms with Gasteiger partial charge in [-0.3, -0.25) is 0 Å². The van der Waals surface area contributed by atoms with Gasteiger partial charge in [-0.15, -0.1) is 0 Å². The Kier molecular flexibility index (Phi) is 4.48. The number of benzene rings is 4. The maximum Gasteiger partial charge on any atom is 0.166 e. The van der Waals surface area contributed by atoms with Crippen LogP contribution in [-0.2, 0) is 6.54 Å². The van der Waals surface area contributed by atoms with Crippen LogP contribution in [0.3, 0.4) is 0 Å². The number of hydrogen-bond acceptors (Lipinski definition) is 6. The zero-order valence-electron chi connectivity index (χ0n) is 20.2. The van der Waals surface area contributed by atoms with Crippen molar-refractivity contribution >= 4 is 38.5 Å². The third kappa shape index (κ3) is 3.24. The van der Waals surface area contributed by atoms with Crippen molar-refractivity contribution in [1.29, 1.82) is 0 Å². The fourth-order valence-electron chi connectivity index (χ4n) is 5.22. The van der Waals surface area contributed by atoms with Gasteiger partial charge >= 0.3 is 0 Å². The Hall–Kier alpha value is -5.23. The molecule has 0 atom stereocenters. The van der Waals surface area contributed by atoms with Crippen molar-refractivity contribution in [2.75, 3.05) is 0 Å². The van der Waals surface area contributed by atoms with Gasteiger partial charge in [0.05, 0.1) is 6.54 Å². The Morgan fingerprint density at radius 3 is 2.05 bits per heavy atom. The topological polar surface area (TPSA) is 77.0 Å². The zero-order valence-corrected chi connectivity index (χ0v) is 20.2. The van der Waals surface area contributed by atoms with Crippen molar-refractivity contribution in [2.24, 2.45) is 0 Å². The molecule has 0 spiro atoms. The molecular weight excluding hydrogens is 472 g/mol. The van der Waals surface area contributed by atoms with Crippen LogP contribution in [0.1, 0.15) is 17.1 Å². The second kappa shape index (κ2) is 8.15. The molecule has 3 aromatic heterocycles. The van der Waals surface area contributed by atoms with Crippen molar-refractivity contribution < 1.29 is 8.83 Å². The number of nitrogens with one attached hydrogen (secondary N) is 1. The van der Waals surface area contributed by atoms with Crippen LogP contribution in [0.15, 0.2) is 112 Å². The maximum absolute atomic E-state index is 6.16. The molecule has 6 nitrogen and oxygen atoms in total. The van der Waals surface area contributed by atoms with Gasteiger partial charge in [-0.25, -0.2) is 15.0 Å². The molecule has 1 aliphatic rings. The van der Waals surface area contributed by atoms with Crippen molar-refractivity contribution in [3.8, 4) is 22.8 Å². The number of nitrogens with zero attached hydrogens (tertiary/aromatic N) is 3. The summed E-state index contributed by atoms with van der Waals surface area (Å²) < 4.78 is 12.3. The highest BCUT2D eigenvalue weighted by Gasteiger charge is 2.25. The van der Waals surface area contributed by atoms with Crippen molar-refractivity contribution in [3.05, 3.63) is 120 Å². The van der Waals surface area contributed by atoms with E-state index in [1.165, 1.54) is 0 Å². The number of fused-ring (bicyclic) bond motifs is 6. The quantitative estimate of drug-likeness (QED) is 0.278. The maximum atomic E-state index is 6.16. The Morgan fingerprint density at radius 2 is 1.21 bits per heavy atom. The normalized spacial score (nSPS) is 13.0. The van der Waals surface area contributed by atoms with Crippen LogP contribution < -0.4 is 5.32 Å². The van der Waals surface area contributed by atoms with E-state index in [2.05, 4.69) is 23.5 Å². The highest BCUT2D eigenvalue weighted by atomic mass is 16.3. The number of para-hydroxylation sites is 2. The number of aromatic nitrogens is 3. The van der Waals surface area contributed by atoms with E-state index in [1.807, 2.05) is 85.1 Å². The Labute approximate surface area is 217 Å². The highest BCUT2D eigenvalue weighted by Crippen LogP contribution is 2.37. The van der Waals surface area contributed by atoms with Gasteiger partial charge < -0.3 is 14.2 Å². The third-order valence-electron chi connectivity index (χ3n) is 6.99. The van der Waals surface area contributed by atoms with Gasteiger partial charge in [0, 0.05) is 44.6 Å². The molecule has 1 N–H and O–H groups in total. The summed E-state index contributed by atoms with van der Waals surface area (Å²) in [5.74, 6) is 2.64. The van der Waals surface area contributed by atoms with Gasteiger partial charge in [0.25, 0.3) is 0 Å². The molecule has 0 fully saturated rings. The average Bonchev–Trinajstić information content (AvgIpc) is 3.55. The third-order valence-corrected chi connectivity index (χ3v) is 6.99. The summed E-state index contributed by atoms with van der Waals surface area (Å²) >= 11 is 0. The number of hydrogen-bond donors (Lipinski definition) is 1. The van der Waals surface area contributed by atoms with Crippen LogP contribution in [0.2, 0.25) is 0 Å². The second-order valence-electron chi connectivity index (χ2n) is 9.32. The first-order valence-electron chi connectivity index (χ1n) is 12.5. The van der Waals surface area contributed by atoms with Gasteiger partial charge in [0.1, 0.15) is 22.5 Å². The van der Waals surface area contributed by atoms with E-state index in [-0.39, 0.29) is 0 Å². The molecule has 4 heterocycles. The summed E-state index contributed by atoms with van der Waals surface area (Å²) in [7, 11) is 0. The predicted octanol–water partition coefficient (Wildman–Crippen LogP) is 7.34. The van der Waals surface area contributed by atoms with E-state index < -0.39 is 0 Å².